The lowest BCUT2D eigenvalue weighted by atomic mass is 10.3. The highest BCUT2D eigenvalue weighted by Gasteiger charge is 2.06. The zero-order chi connectivity index (χ0) is 12.4. The van der Waals surface area contributed by atoms with E-state index >= 15 is 0 Å². The average molecular weight is 238 g/mol. The van der Waals surface area contributed by atoms with Crippen LogP contribution in [0, 0.1) is 0 Å². The molecule has 1 aromatic carbocycles. The van der Waals surface area contributed by atoms with Crippen molar-refractivity contribution in [2.24, 2.45) is 0 Å². The van der Waals surface area contributed by atoms with Crippen LogP contribution in [0.1, 0.15) is 0 Å². The molecule has 0 unspecified atom stereocenters. The standard InChI is InChI=1S/C13H10N4O/c14-9-3-5-10(6-4-9)18-13-12-11(16-8-17-13)2-1-7-15-12/h1-8H,14H2. The van der Waals surface area contributed by atoms with Crippen molar-refractivity contribution >= 4 is 16.7 Å². The Balaban J connectivity index is 2.02. The number of benzene rings is 1. The molecular weight excluding hydrogens is 228 g/mol. The molecule has 0 saturated heterocycles. The number of hydrogen-bond donors (Lipinski definition) is 1. The number of fused-ring (bicyclic) bond motifs is 1. The van der Waals surface area contributed by atoms with E-state index in [9.17, 15) is 0 Å². The Labute approximate surface area is 103 Å². The molecule has 0 aliphatic rings. The maximum absolute atomic E-state index is 5.68. The Morgan fingerprint density at radius 2 is 1.78 bits per heavy atom. The smallest absolute Gasteiger partial charge is 0.249 e. The fraction of sp³-hybridized carbons (Fsp3) is 0. The Kier molecular flexibility index (Phi) is 2.49. The van der Waals surface area contributed by atoms with Crippen molar-refractivity contribution in [3.05, 3.63) is 48.9 Å². The second-order valence-corrected chi connectivity index (χ2v) is 3.72. The van der Waals surface area contributed by atoms with Gasteiger partial charge in [0.25, 0.3) is 0 Å². The summed E-state index contributed by atoms with van der Waals surface area (Å²) in [5.74, 6) is 1.10. The number of aromatic nitrogens is 3. The van der Waals surface area contributed by atoms with E-state index in [2.05, 4.69) is 15.0 Å². The molecule has 2 heterocycles. The number of rotatable bonds is 2. The Hall–Kier alpha value is -2.69. The molecule has 3 aromatic rings. The molecule has 5 nitrogen and oxygen atoms in total. The third-order valence-corrected chi connectivity index (χ3v) is 2.46. The molecule has 0 saturated carbocycles. The number of anilines is 1. The van der Waals surface area contributed by atoms with E-state index in [4.69, 9.17) is 10.5 Å². The van der Waals surface area contributed by atoms with Gasteiger partial charge in [-0.3, -0.25) is 0 Å². The second kappa shape index (κ2) is 4.29. The first-order chi connectivity index (χ1) is 8.83. The predicted molar refractivity (Wildman–Crippen MR) is 68.3 cm³/mol. The molecule has 0 bridgehead atoms. The number of nitrogens with zero attached hydrogens (tertiary/aromatic N) is 3. The third kappa shape index (κ3) is 1.93. The van der Waals surface area contributed by atoms with Gasteiger partial charge in [0.2, 0.25) is 5.88 Å². The summed E-state index contributed by atoms with van der Waals surface area (Å²) in [6.07, 6.45) is 3.14. The lowest BCUT2D eigenvalue weighted by Gasteiger charge is -2.06. The van der Waals surface area contributed by atoms with E-state index in [1.807, 2.05) is 12.1 Å². The van der Waals surface area contributed by atoms with Gasteiger partial charge in [-0.15, -0.1) is 0 Å². The lowest BCUT2D eigenvalue weighted by molar-refractivity contribution is 0.467. The van der Waals surface area contributed by atoms with Gasteiger partial charge in [-0.25, -0.2) is 9.97 Å². The summed E-state index contributed by atoms with van der Waals surface area (Å²) in [5.41, 5.74) is 7.69. The highest BCUT2D eigenvalue weighted by atomic mass is 16.5. The molecule has 0 amide bonds. The van der Waals surface area contributed by atoms with E-state index < -0.39 is 0 Å². The van der Waals surface area contributed by atoms with Crippen LogP contribution in [0.15, 0.2) is 48.9 Å². The Bertz CT molecular complexity index is 677. The van der Waals surface area contributed by atoms with Crippen molar-refractivity contribution in [3.8, 4) is 11.6 Å². The largest absolute Gasteiger partial charge is 0.437 e. The summed E-state index contributed by atoms with van der Waals surface area (Å²) in [6, 6.07) is 10.8. The number of ether oxygens (including phenoxy) is 1. The molecule has 0 aliphatic heterocycles. The molecule has 0 atom stereocenters. The van der Waals surface area contributed by atoms with E-state index in [-0.39, 0.29) is 0 Å². The summed E-state index contributed by atoms with van der Waals surface area (Å²) < 4.78 is 5.68. The normalized spacial score (nSPS) is 10.4. The Morgan fingerprint density at radius 1 is 0.944 bits per heavy atom. The summed E-state index contributed by atoms with van der Waals surface area (Å²) in [5, 5.41) is 0. The van der Waals surface area contributed by atoms with Gasteiger partial charge in [-0.1, -0.05) is 0 Å². The first kappa shape index (κ1) is 10.5. The van der Waals surface area contributed by atoms with Crippen molar-refractivity contribution < 1.29 is 4.74 Å². The fourth-order valence-electron chi connectivity index (χ4n) is 1.59. The minimum absolute atomic E-state index is 0.436. The van der Waals surface area contributed by atoms with Gasteiger partial charge < -0.3 is 10.5 Å². The van der Waals surface area contributed by atoms with Crippen LogP contribution in [-0.2, 0) is 0 Å². The topological polar surface area (TPSA) is 73.9 Å². The summed E-state index contributed by atoms with van der Waals surface area (Å²) >= 11 is 0. The molecule has 0 radical (unpaired) electrons. The van der Waals surface area contributed by atoms with Gasteiger partial charge in [0, 0.05) is 11.9 Å². The van der Waals surface area contributed by atoms with Crippen LogP contribution in [0.3, 0.4) is 0 Å². The molecule has 18 heavy (non-hydrogen) atoms. The third-order valence-electron chi connectivity index (χ3n) is 2.46. The van der Waals surface area contributed by atoms with Gasteiger partial charge in [-0.2, -0.15) is 4.98 Å². The van der Waals surface area contributed by atoms with Crippen LogP contribution >= 0.6 is 0 Å². The van der Waals surface area contributed by atoms with Gasteiger partial charge in [0.05, 0.1) is 5.52 Å². The minimum Gasteiger partial charge on any atom is -0.437 e. The predicted octanol–water partition coefficient (Wildman–Crippen LogP) is 2.40. The van der Waals surface area contributed by atoms with E-state index in [0.717, 1.165) is 5.52 Å². The van der Waals surface area contributed by atoms with Crippen molar-refractivity contribution in [2.75, 3.05) is 5.73 Å². The zero-order valence-corrected chi connectivity index (χ0v) is 9.45. The first-order valence-corrected chi connectivity index (χ1v) is 5.42. The van der Waals surface area contributed by atoms with Crippen LogP contribution in [-0.4, -0.2) is 15.0 Å². The molecule has 88 valence electrons. The number of pyridine rings is 1. The number of nitrogen functional groups attached to an aromatic ring is 1. The van der Waals surface area contributed by atoms with Gasteiger partial charge in [-0.05, 0) is 36.4 Å². The molecule has 5 heteroatoms. The van der Waals surface area contributed by atoms with Crippen molar-refractivity contribution in [1.29, 1.82) is 0 Å². The average Bonchev–Trinajstić information content (AvgIpc) is 2.42. The van der Waals surface area contributed by atoms with Crippen LogP contribution in [0.4, 0.5) is 5.69 Å². The highest BCUT2D eigenvalue weighted by molar-refractivity contribution is 5.78. The highest BCUT2D eigenvalue weighted by Crippen LogP contribution is 2.25. The molecule has 3 rings (SSSR count). The minimum atomic E-state index is 0.436. The fourth-order valence-corrected chi connectivity index (χ4v) is 1.59. The molecule has 0 spiro atoms. The number of nitrogens with two attached hydrogens (primary N) is 1. The molecule has 2 aromatic heterocycles. The Morgan fingerprint density at radius 3 is 2.61 bits per heavy atom. The molecular formula is C13H10N4O. The van der Waals surface area contributed by atoms with Crippen molar-refractivity contribution in [2.45, 2.75) is 0 Å². The molecule has 2 N–H and O–H groups in total. The van der Waals surface area contributed by atoms with Crippen LogP contribution in [0.5, 0.6) is 11.6 Å². The van der Waals surface area contributed by atoms with Crippen LogP contribution in [0.2, 0.25) is 0 Å². The number of hydrogen-bond acceptors (Lipinski definition) is 5. The lowest BCUT2D eigenvalue weighted by Crippen LogP contribution is -1.93. The van der Waals surface area contributed by atoms with Crippen molar-refractivity contribution in [1.82, 2.24) is 15.0 Å². The summed E-state index contributed by atoms with van der Waals surface area (Å²) in [6.45, 7) is 0. The zero-order valence-electron chi connectivity index (χ0n) is 9.45. The second-order valence-electron chi connectivity index (χ2n) is 3.72. The first-order valence-electron chi connectivity index (χ1n) is 5.42. The van der Waals surface area contributed by atoms with E-state index in [0.29, 0.717) is 22.8 Å². The SMILES string of the molecule is Nc1ccc(Oc2ncnc3cccnc23)cc1. The van der Waals surface area contributed by atoms with Gasteiger partial charge in [0.15, 0.2) is 5.52 Å². The monoisotopic (exact) mass is 238 g/mol. The maximum atomic E-state index is 5.68. The summed E-state index contributed by atoms with van der Waals surface area (Å²) in [4.78, 5) is 12.4. The van der Waals surface area contributed by atoms with E-state index in [1.54, 1.807) is 30.5 Å². The quantitative estimate of drug-likeness (QED) is 0.694. The summed E-state index contributed by atoms with van der Waals surface area (Å²) in [7, 11) is 0. The van der Waals surface area contributed by atoms with Crippen molar-refractivity contribution in [3.63, 3.8) is 0 Å². The van der Waals surface area contributed by atoms with Crippen LogP contribution < -0.4 is 10.5 Å². The van der Waals surface area contributed by atoms with Crippen LogP contribution in [0.25, 0.3) is 11.0 Å². The van der Waals surface area contributed by atoms with Gasteiger partial charge >= 0.3 is 0 Å². The molecule has 0 fully saturated rings. The molecule has 0 aliphatic carbocycles. The maximum Gasteiger partial charge on any atom is 0.249 e. The van der Waals surface area contributed by atoms with E-state index in [1.165, 1.54) is 6.33 Å². The van der Waals surface area contributed by atoms with Gasteiger partial charge in [0.1, 0.15) is 12.1 Å².